The van der Waals surface area contributed by atoms with E-state index in [1.807, 2.05) is 6.07 Å². The molecule has 2 saturated carbocycles. The van der Waals surface area contributed by atoms with Crippen LogP contribution in [0.5, 0.6) is 11.5 Å². The Bertz CT molecular complexity index is 1190. The Morgan fingerprint density at radius 2 is 1.27 bits per heavy atom. The minimum Gasteiger partial charge on any atom is -0.487 e. The number of benzene rings is 1. The summed E-state index contributed by atoms with van der Waals surface area (Å²) < 4.78 is 56.3. The lowest BCUT2D eigenvalue weighted by molar-refractivity contribution is -0.209. The number of ether oxygens (including phenoxy) is 10. The van der Waals surface area contributed by atoms with Gasteiger partial charge in [0.15, 0.2) is 11.5 Å². The van der Waals surface area contributed by atoms with Gasteiger partial charge in [-0.3, -0.25) is 4.90 Å². The largest absolute Gasteiger partial charge is 0.487 e. The van der Waals surface area contributed by atoms with Gasteiger partial charge in [0.2, 0.25) is 0 Å². The Labute approximate surface area is 303 Å². The molecule has 3 fully saturated rings. The second-order valence-electron chi connectivity index (χ2n) is 14.4. The van der Waals surface area contributed by atoms with E-state index in [2.05, 4.69) is 11.0 Å². The van der Waals surface area contributed by atoms with Gasteiger partial charge in [-0.25, -0.2) is 0 Å². The highest BCUT2D eigenvalue weighted by Gasteiger charge is 2.73. The molecule has 1 spiro atoms. The number of aliphatic hydroxyl groups excluding tert-OH is 1. The summed E-state index contributed by atoms with van der Waals surface area (Å²) in [5.41, 5.74) is 0.803. The maximum atomic E-state index is 12.5. The number of rotatable bonds is 27. The van der Waals surface area contributed by atoms with Gasteiger partial charge in [0, 0.05) is 25.3 Å². The van der Waals surface area contributed by atoms with Crippen molar-refractivity contribution in [2.75, 3.05) is 126 Å². The lowest BCUT2D eigenvalue weighted by atomic mass is 9.48. The molecule has 290 valence electrons. The number of likely N-dealkylation sites (tertiary alicyclic amines) is 1. The van der Waals surface area contributed by atoms with E-state index >= 15 is 0 Å². The van der Waals surface area contributed by atoms with Crippen molar-refractivity contribution in [1.82, 2.24) is 4.90 Å². The van der Waals surface area contributed by atoms with E-state index < -0.39 is 23.2 Å². The SMILES string of the molecule is COCCOCCOCCOCCOCCOCCOCCOCCOc1ccc2c3c1OC1[C@@H](O)CC[C@@]4(O)[C@@H](C2)N(CC2CCC2)CC[C@]314. The van der Waals surface area contributed by atoms with Crippen LogP contribution in [0.3, 0.4) is 0 Å². The molecule has 13 heteroatoms. The van der Waals surface area contributed by atoms with Crippen molar-refractivity contribution >= 4 is 0 Å². The molecule has 1 saturated heterocycles. The highest BCUT2D eigenvalue weighted by molar-refractivity contribution is 5.63. The van der Waals surface area contributed by atoms with Crippen molar-refractivity contribution in [2.24, 2.45) is 5.92 Å². The molecule has 2 bridgehead atoms. The van der Waals surface area contributed by atoms with E-state index in [1.165, 1.54) is 24.8 Å². The zero-order valence-corrected chi connectivity index (χ0v) is 30.6. The minimum absolute atomic E-state index is 0.0582. The van der Waals surface area contributed by atoms with Crippen LogP contribution in [0.2, 0.25) is 0 Å². The second-order valence-corrected chi connectivity index (χ2v) is 14.4. The topological polar surface area (TPSA) is 136 Å². The molecule has 0 radical (unpaired) electrons. The fourth-order valence-electron chi connectivity index (χ4n) is 8.71. The van der Waals surface area contributed by atoms with Gasteiger partial charge in [-0.05, 0) is 62.6 Å². The molecule has 0 aromatic heterocycles. The Morgan fingerprint density at radius 1 is 0.725 bits per heavy atom. The molecule has 1 aromatic rings. The molecule has 5 atom stereocenters. The van der Waals surface area contributed by atoms with Crippen molar-refractivity contribution in [3.05, 3.63) is 23.3 Å². The normalized spacial score (nSPS) is 28.0. The predicted octanol–water partition coefficient (Wildman–Crippen LogP) is 2.14. The van der Waals surface area contributed by atoms with Crippen LogP contribution in [0.15, 0.2) is 12.1 Å². The second kappa shape index (κ2) is 19.6. The number of methoxy groups -OCH3 is 1. The van der Waals surface area contributed by atoms with E-state index in [0.29, 0.717) is 130 Å². The average molecular weight is 724 g/mol. The fourth-order valence-corrected chi connectivity index (χ4v) is 8.71. The van der Waals surface area contributed by atoms with Crippen molar-refractivity contribution in [3.63, 3.8) is 0 Å². The Hall–Kier alpha value is -1.62. The molecule has 6 rings (SSSR count). The summed E-state index contributed by atoms with van der Waals surface area (Å²) in [5.74, 6) is 2.12. The van der Waals surface area contributed by atoms with E-state index in [9.17, 15) is 10.2 Å². The summed E-state index contributed by atoms with van der Waals surface area (Å²) in [6, 6.07) is 4.21. The number of hydrogen-bond acceptors (Lipinski definition) is 13. The van der Waals surface area contributed by atoms with Gasteiger partial charge in [-0.2, -0.15) is 0 Å². The van der Waals surface area contributed by atoms with Crippen LogP contribution in [-0.2, 0) is 49.7 Å². The Kier molecular flexibility index (Phi) is 15.0. The molecule has 2 heterocycles. The van der Waals surface area contributed by atoms with Crippen molar-refractivity contribution in [2.45, 2.75) is 74.2 Å². The standard InChI is InChI=1S/C38H61NO12/c1-42-11-12-43-13-14-44-15-16-45-17-18-46-19-20-47-21-22-48-23-24-49-25-26-50-32-6-5-30-27-33-38(41)8-7-31(40)36-37(38,34(30)35(32)51-36)9-10-39(33)28-29-3-2-4-29/h5-6,29,31,33,36,40-41H,2-4,7-28H2,1H3/t31-,33+,36?,37-,38+/m0/s1. The summed E-state index contributed by atoms with van der Waals surface area (Å²) in [7, 11) is 1.65. The molecule has 5 aliphatic rings. The summed E-state index contributed by atoms with van der Waals surface area (Å²) in [6.07, 6.45) is 5.61. The number of aliphatic hydroxyl groups is 2. The molecular weight excluding hydrogens is 662 g/mol. The maximum absolute atomic E-state index is 12.5. The van der Waals surface area contributed by atoms with Gasteiger partial charge in [0.1, 0.15) is 12.7 Å². The predicted molar refractivity (Wildman–Crippen MR) is 187 cm³/mol. The number of hydrogen-bond donors (Lipinski definition) is 2. The number of piperidine rings is 1. The molecular formula is C38H61NO12. The van der Waals surface area contributed by atoms with E-state index in [-0.39, 0.29) is 6.04 Å². The third-order valence-electron chi connectivity index (χ3n) is 11.4. The molecule has 0 amide bonds. The van der Waals surface area contributed by atoms with Crippen LogP contribution in [-0.4, -0.2) is 165 Å². The Morgan fingerprint density at radius 3 is 1.80 bits per heavy atom. The minimum atomic E-state index is -0.912. The van der Waals surface area contributed by atoms with Gasteiger partial charge >= 0.3 is 0 Å². The highest BCUT2D eigenvalue weighted by Crippen LogP contribution is 2.65. The maximum Gasteiger partial charge on any atom is 0.166 e. The first-order valence-corrected chi connectivity index (χ1v) is 19.2. The molecule has 51 heavy (non-hydrogen) atoms. The van der Waals surface area contributed by atoms with Crippen molar-refractivity contribution in [3.8, 4) is 11.5 Å². The zero-order valence-electron chi connectivity index (χ0n) is 30.6. The van der Waals surface area contributed by atoms with Gasteiger partial charge < -0.3 is 57.6 Å². The molecule has 3 aliphatic carbocycles. The third kappa shape index (κ3) is 9.20. The quantitative estimate of drug-likeness (QED) is 0.129. The third-order valence-corrected chi connectivity index (χ3v) is 11.4. The smallest absolute Gasteiger partial charge is 0.166 e. The van der Waals surface area contributed by atoms with Gasteiger partial charge in [0.25, 0.3) is 0 Å². The average Bonchev–Trinajstić information content (AvgIpc) is 3.47. The van der Waals surface area contributed by atoms with Gasteiger partial charge in [0.05, 0.1) is 116 Å². The van der Waals surface area contributed by atoms with E-state index in [1.54, 1.807) is 7.11 Å². The van der Waals surface area contributed by atoms with Crippen molar-refractivity contribution < 1.29 is 57.6 Å². The fraction of sp³-hybridized carbons (Fsp3) is 0.842. The first-order valence-electron chi connectivity index (χ1n) is 19.2. The summed E-state index contributed by atoms with van der Waals surface area (Å²) in [6.45, 7) is 10.0. The van der Waals surface area contributed by atoms with E-state index in [0.717, 1.165) is 37.4 Å². The Balaban J connectivity index is 0.804. The lowest BCUT2D eigenvalue weighted by Crippen LogP contribution is -2.77. The van der Waals surface area contributed by atoms with Crippen LogP contribution < -0.4 is 9.47 Å². The lowest BCUT2D eigenvalue weighted by Gasteiger charge is -2.64. The van der Waals surface area contributed by atoms with Crippen LogP contribution in [0.4, 0.5) is 0 Å². The summed E-state index contributed by atoms with van der Waals surface area (Å²) in [4.78, 5) is 2.56. The van der Waals surface area contributed by atoms with Crippen LogP contribution >= 0.6 is 0 Å². The monoisotopic (exact) mass is 723 g/mol. The van der Waals surface area contributed by atoms with Crippen molar-refractivity contribution in [1.29, 1.82) is 0 Å². The summed E-state index contributed by atoms with van der Waals surface area (Å²) >= 11 is 0. The van der Waals surface area contributed by atoms with Gasteiger partial charge in [-0.1, -0.05) is 12.5 Å². The first kappa shape index (κ1) is 39.1. The molecule has 1 unspecified atom stereocenters. The highest BCUT2D eigenvalue weighted by atomic mass is 16.6. The van der Waals surface area contributed by atoms with E-state index in [4.69, 9.17) is 47.4 Å². The molecule has 2 N–H and O–H groups in total. The summed E-state index contributed by atoms with van der Waals surface area (Å²) in [5, 5.41) is 23.7. The van der Waals surface area contributed by atoms with Gasteiger partial charge in [-0.15, -0.1) is 0 Å². The first-order chi connectivity index (χ1) is 25.1. The molecule has 13 nitrogen and oxygen atoms in total. The molecule has 2 aliphatic heterocycles. The van der Waals surface area contributed by atoms with Crippen LogP contribution in [0.1, 0.15) is 49.7 Å². The zero-order chi connectivity index (χ0) is 35.4. The number of nitrogens with zero attached hydrogens (tertiary/aromatic N) is 1. The van der Waals surface area contributed by atoms with Crippen LogP contribution in [0, 0.1) is 5.92 Å². The molecule has 1 aromatic carbocycles. The van der Waals surface area contributed by atoms with Crippen LogP contribution in [0.25, 0.3) is 0 Å².